The van der Waals surface area contributed by atoms with Gasteiger partial charge in [0, 0.05) is 50.7 Å². The van der Waals surface area contributed by atoms with Gasteiger partial charge in [0.2, 0.25) is 0 Å². The van der Waals surface area contributed by atoms with Crippen molar-refractivity contribution in [2.45, 2.75) is 31.6 Å². The summed E-state index contributed by atoms with van der Waals surface area (Å²) in [7, 11) is 4.01. The maximum atomic E-state index is 11.3. The van der Waals surface area contributed by atoms with Gasteiger partial charge in [0.25, 0.3) is 0 Å². The van der Waals surface area contributed by atoms with Crippen LogP contribution in [0.15, 0.2) is 18.3 Å². The summed E-state index contributed by atoms with van der Waals surface area (Å²) in [5.74, 6) is 1.81. The lowest BCUT2D eigenvalue weighted by Crippen LogP contribution is -2.18. The number of ketones is 1. The molecule has 0 N–H and O–H groups in total. The third kappa shape index (κ3) is 2.20. The third-order valence-corrected chi connectivity index (χ3v) is 3.78. The number of anilines is 1. The molecule has 0 bridgehead atoms. The highest BCUT2D eigenvalue weighted by molar-refractivity contribution is 5.79. The van der Waals surface area contributed by atoms with E-state index in [1.54, 1.807) is 6.20 Å². The van der Waals surface area contributed by atoms with Crippen molar-refractivity contribution in [3.8, 4) is 0 Å². The molecule has 0 atom stereocenters. The number of Topliss-reactive ketones (excluding diaryl/α,β-unsaturated/α-hetero) is 1. The molecule has 0 spiro atoms. The molecule has 100 valence electrons. The van der Waals surface area contributed by atoms with Crippen molar-refractivity contribution in [2.75, 3.05) is 19.0 Å². The summed E-state index contributed by atoms with van der Waals surface area (Å²) in [6.07, 6.45) is 4.98. The maximum Gasteiger partial charge on any atom is 0.157 e. The Hall–Kier alpha value is -1.91. The van der Waals surface area contributed by atoms with Crippen molar-refractivity contribution in [3.63, 3.8) is 0 Å². The van der Waals surface area contributed by atoms with Crippen LogP contribution in [-0.2, 0) is 4.79 Å². The summed E-state index contributed by atoms with van der Waals surface area (Å²) in [5, 5.41) is 4.30. The standard InChI is InChI=1S/C14H18N4O/c1-17(2)14-9-12(10-3-5-11(19)6-4-10)16-13-7-8-15-18(13)14/h7-10H,3-6H2,1-2H3. The molecular formula is C14H18N4O. The quantitative estimate of drug-likeness (QED) is 0.827. The number of rotatable bonds is 2. The van der Waals surface area contributed by atoms with Gasteiger partial charge in [-0.15, -0.1) is 0 Å². The Morgan fingerprint density at radius 3 is 2.74 bits per heavy atom. The predicted octanol–water partition coefficient (Wildman–Crippen LogP) is 2.02. The second kappa shape index (κ2) is 4.64. The minimum atomic E-state index is 0.384. The highest BCUT2D eigenvalue weighted by Crippen LogP contribution is 2.31. The first kappa shape index (κ1) is 12.1. The largest absolute Gasteiger partial charge is 0.363 e. The van der Waals surface area contributed by atoms with Gasteiger partial charge in [-0.05, 0) is 12.8 Å². The van der Waals surface area contributed by atoms with Crippen LogP contribution in [0.4, 0.5) is 5.82 Å². The summed E-state index contributed by atoms with van der Waals surface area (Å²) in [6, 6.07) is 4.02. The molecule has 0 amide bonds. The lowest BCUT2D eigenvalue weighted by atomic mass is 9.86. The smallest absolute Gasteiger partial charge is 0.157 e. The minimum absolute atomic E-state index is 0.384. The zero-order valence-corrected chi connectivity index (χ0v) is 11.3. The third-order valence-electron chi connectivity index (χ3n) is 3.78. The molecule has 1 fully saturated rings. The molecule has 5 nitrogen and oxygen atoms in total. The van der Waals surface area contributed by atoms with Crippen LogP contribution < -0.4 is 4.90 Å². The van der Waals surface area contributed by atoms with Crippen LogP contribution in [0.5, 0.6) is 0 Å². The van der Waals surface area contributed by atoms with Crippen LogP contribution in [-0.4, -0.2) is 34.5 Å². The first-order valence-electron chi connectivity index (χ1n) is 6.69. The molecule has 1 saturated carbocycles. The lowest BCUT2D eigenvalue weighted by molar-refractivity contribution is -0.120. The number of fused-ring (bicyclic) bond motifs is 1. The van der Waals surface area contributed by atoms with Crippen LogP contribution in [0.25, 0.3) is 5.65 Å². The van der Waals surface area contributed by atoms with Gasteiger partial charge >= 0.3 is 0 Å². The first-order valence-corrected chi connectivity index (χ1v) is 6.69. The molecular weight excluding hydrogens is 240 g/mol. The SMILES string of the molecule is CN(C)c1cc(C2CCC(=O)CC2)nc2ccnn12. The van der Waals surface area contributed by atoms with Crippen molar-refractivity contribution < 1.29 is 4.79 Å². The number of nitrogens with zero attached hydrogens (tertiary/aromatic N) is 4. The van der Waals surface area contributed by atoms with E-state index in [0.717, 1.165) is 30.0 Å². The Morgan fingerprint density at radius 1 is 1.32 bits per heavy atom. The average molecular weight is 258 g/mol. The number of hydrogen-bond acceptors (Lipinski definition) is 4. The Labute approximate surface area is 112 Å². The fourth-order valence-electron chi connectivity index (χ4n) is 2.68. The zero-order chi connectivity index (χ0) is 13.4. The van der Waals surface area contributed by atoms with Crippen LogP contribution in [0.2, 0.25) is 0 Å². The van der Waals surface area contributed by atoms with E-state index in [9.17, 15) is 4.79 Å². The van der Waals surface area contributed by atoms with Gasteiger partial charge in [-0.3, -0.25) is 4.79 Å². The molecule has 1 aliphatic carbocycles. The zero-order valence-electron chi connectivity index (χ0n) is 11.3. The van der Waals surface area contributed by atoms with E-state index in [2.05, 4.69) is 16.1 Å². The summed E-state index contributed by atoms with van der Waals surface area (Å²) >= 11 is 0. The van der Waals surface area contributed by atoms with E-state index in [1.807, 2.05) is 29.6 Å². The summed E-state index contributed by atoms with van der Waals surface area (Å²) in [5.41, 5.74) is 1.96. The van der Waals surface area contributed by atoms with Gasteiger partial charge in [-0.2, -0.15) is 9.61 Å². The second-order valence-corrected chi connectivity index (χ2v) is 5.35. The summed E-state index contributed by atoms with van der Waals surface area (Å²) in [4.78, 5) is 18.1. The molecule has 2 aromatic rings. The van der Waals surface area contributed by atoms with Gasteiger partial charge in [0.1, 0.15) is 11.6 Å². The normalized spacial score (nSPS) is 17.1. The Morgan fingerprint density at radius 2 is 2.05 bits per heavy atom. The average Bonchev–Trinajstić information content (AvgIpc) is 2.86. The molecule has 0 aliphatic heterocycles. The van der Waals surface area contributed by atoms with Crippen LogP contribution in [0.1, 0.15) is 37.3 Å². The fourth-order valence-corrected chi connectivity index (χ4v) is 2.68. The number of carbonyl (C=O) groups excluding carboxylic acids is 1. The van der Waals surface area contributed by atoms with Crippen LogP contribution in [0, 0.1) is 0 Å². The fraction of sp³-hybridized carbons (Fsp3) is 0.500. The summed E-state index contributed by atoms with van der Waals surface area (Å²) < 4.78 is 1.84. The molecule has 0 aromatic carbocycles. The van der Waals surface area contributed by atoms with E-state index < -0.39 is 0 Å². The van der Waals surface area contributed by atoms with Gasteiger partial charge in [-0.1, -0.05) is 0 Å². The van der Waals surface area contributed by atoms with E-state index in [4.69, 9.17) is 0 Å². The van der Waals surface area contributed by atoms with E-state index in [0.29, 0.717) is 24.5 Å². The van der Waals surface area contributed by atoms with Gasteiger partial charge < -0.3 is 4.90 Å². The lowest BCUT2D eigenvalue weighted by Gasteiger charge is -2.22. The van der Waals surface area contributed by atoms with Gasteiger partial charge in [0.05, 0.1) is 6.20 Å². The highest BCUT2D eigenvalue weighted by Gasteiger charge is 2.22. The first-order chi connectivity index (χ1) is 9.15. The van der Waals surface area contributed by atoms with Gasteiger partial charge in [-0.25, -0.2) is 4.98 Å². The molecule has 2 heterocycles. The number of hydrogen-bond donors (Lipinski definition) is 0. The van der Waals surface area contributed by atoms with E-state index in [1.165, 1.54) is 0 Å². The van der Waals surface area contributed by atoms with Crippen molar-refractivity contribution in [2.24, 2.45) is 0 Å². The predicted molar refractivity (Wildman–Crippen MR) is 73.5 cm³/mol. The van der Waals surface area contributed by atoms with Crippen LogP contribution >= 0.6 is 0 Å². The van der Waals surface area contributed by atoms with Crippen LogP contribution in [0.3, 0.4) is 0 Å². The Bertz CT molecular complexity index is 607. The summed E-state index contributed by atoms with van der Waals surface area (Å²) in [6.45, 7) is 0. The molecule has 0 radical (unpaired) electrons. The van der Waals surface area contributed by atoms with Crippen molar-refractivity contribution in [3.05, 3.63) is 24.0 Å². The molecule has 5 heteroatoms. The Kier molecular flexibility index (Phi) is 2.97. The monoisotopic (exact) mass is 258 g/mol. The van der Waals surface area contributed by atoms with Crippen molar-refractivity contribution in [1.82, 2.24) is 14.6 Å². The Balaban J connectivity index is 2.01. The molecule has 0 saturated heterocycles. The molecule has 1 aliphatic rings. The van der Waals surface area contributed by atoms with E-state index >= 15 is 0 Å². The number of carbonyl (C=O) groups is 1. The van der Waals surface area contributed by atoms with Gasteiger partial charge in [0.15, 0.2) is 5.65 Å². The molecule has 0 unspecified atom stereocenters. The molecule has 3 rings (SSSR count). The van der Waals surface area contributed by atoms with Crippen molar-refractivity contribution >= 4 is 17.2 Å². The topological polar surface area (TPSA) is 50.5 Å². The number of aromatic nitrogens is 3. The molecule has 2 aromatic heterocycles. The van der Waals surface area contributed by atoms with E-state index in [-0.39, 0.29) is 0 Å². The molecule has 19 heavy (non-hydrogen) atoms. The van der Waals surface area contributed by atoms with Crippen molar-refractivity contribution in [1.29, 1.82) is 0 Å². The minimum Gasteiger partial charge on any atom is -0.363 e. The second-order valence-electron chi connectivity index (χ2n) is 5.35. The highest BCUT2D eigenvalue weighted by atomic mass is 16.1. The maximum absolute atomic E-state index is 11.3.